The molecule has 0 spiro atoms. The molecule has 0 unspecified atom stereocenters. The fraction of sp³-hybridized carbons (Fsp3) is 0.167. The van der Waals surface area contributed by atoms with E-state index in [2.05, 4.69) is 71.9 Å². The summed E-state index contributed by atoms with van der Waals surface area (Å²) in [6, 6.07) is 17.1. The van der Waals surface area contributed by atoms with Gasteiger partial charge in [-0.05, 0) is 19.9 Å². The molecule has 3 rings (SSSR count). The van der Waals surface area contributed by atoms with Gasteiger partial charge in [0, 0.05) is 18.2 Å². The quantitative estimate of drug-likeness (QED) is 0.670. The number of imidazole rings is 1. The van der Waals surface area contributed by atoms with E-state index in [1.807, 2.05) is 13.4 Å². The van der Waals surface area contributed by atoms with E-state index in [9.17, 15) is 0 Å². The first-order valence-corrected chi connectivity index (χ1v) is 6.80. The third-order valence-electron chi connectivity index (χ3n) is 3.55. The van der Waals surface area contributed by atoms with Crippen LogP contribution in [0, 0.1) is 13.8 Å². The number of benzene rings is 2. The molecular formula is C18H18N2. The van der Waals surface area contributed by atoms with E-state index in [1.165, 1.54) is 16.7 Å². The molecule has 0 aliphatic heterocycles. The van der Waals surface area contributed by atoms with Crippen molar-refractivity contribution < 1.29 is 0 Å². The average Bonchev–Trinajstić information content (AvgIpc) is 2.81. The van der Waals surface area contributed by atoms with Crippen LogP contribution in [0.2, 0.25) is 0 Å². The van der Waals surface area contributed by atoms with Gasteiger partial charge in [0.1, 0.15) is 0 Å². The largest absolute Gasteiger partial charge is 0.333 e. The maximum atomic E-state index is 4.58. The Balaban J connectivity index is 2.17. The van der Waals surface area contributed by atoms with E-state index in [-0.39, 0.29) is 0 Å². The molecule has 100 valence electrons. The second-order valence-corrected chi connectivity index (χ2v) is 5.29. The highest BCUT2D eigenvalue weighted by Gasteiger charge is 2.13. The molecule has 0 aliphatic carbocycles. The zero-order valence-electron chi connectivity index (χ0n) is 12.1. The van der Waals surface area contributed by atoms with Gasteiger partial charge in [-0.2, -0.15) is 0 Å². The maximum absolute atomic E-state index is 4.58. The van der Waals surface area contributed by atoms with Crippen LogP contribution in [0.3, 0.4) is 0 Å². The lowest BCUT2D eigenvalue weighted by atomic mass is 10.0. The number of hydrogen-bond acceptors (Lipinski definition) is 1. The molecular weight excluding hydrogens is 244 g/mol. The smallest absolute Gasteiger partial charge is 0.0963 e. The molecule has 1 heterocycles. The Bertz CT molecular complexity index is 736. The van der Waals surface area contributed by atoms with E-state index >= 15 is 0 Å². The van der Waals surface area contributed by atoms with Gasteiger partial charge in [0.15, 0.2) is 0 Å². The van der Waals surface area contributed by atoms with Crippen LogP contribution in [0.1, 0.15) is 11.1 Å². The predicted octanol–water partition coefficient (Wildman–Crippen LogP) is 4.37. The first kappa shape index (κ1) is 12.7. The second-order valence-electron chi connectivity index (χ2n) is 5.29. The molecule has 0 fully saturated rings. The SMILES string of the molecule is Cc1ccc(-c2ncn(C)c2-c2cccc(C)c2)cc1. The van der Waals surface area contributed by atoms with Crippen LogP contribution in [0.4, 0.5) is 0 Å². The summed E-state index contributed by atoms with van der Waals surface area (Å²) in [4.78, 5) is 4.58. The van der Waals surface area contributed by atoms with Gasteiger partial charge in [0.2, 0.25) is 0 Å². The first-order valence-electron chi connectivity index (χ1n) is 6.80. The Morgan fingerprint density at radius 1 is 0.850 bits per heavy atom. The van der Waals surface area contributed by atoms with Gasteiger partial charge in [0.05, 0.1) is 17.7 Å². The van der Waals surface area contributed by atoms with E-state index in [1.54, 1.807) is 0 Å². The van der Waals surface area contributed by atoms with E-state index in [4.69, 9.17) is 0 Å². The highest BCUT2D eigenvalue weighted by atomic mass is 15.0. The summed E-state index contributed by atoms with van der Waals surface area (Å²) in [6.07, 6.45) is 1.88. The minimum absolute atomic E-state index is 1.04. The lowest BCUT2D eigenvalue weighted by Crippen LogP contribution is -1.92. The third-order valence-corrected chi connectivity index (χ3v) is 3.55. The standard InChI is InChI=1S/C18H18N2/c1-13-7-9-15(10-8-13)17-18(20(3)12-19-17)16-6-4-5-14(2)11-16/h4-12H,1-3H3. The summed E-state index contributed by atoms with van der Waals surface area (Å²) in [5, 5.41) is 0. The minimum atomic E-state index is 1.04. The summed E-state index contributed by atoms with van der Waals surface area (Å²) in [6.45, 7) is 4.22. The number of aromatic nitrogens is 2. The lowest BCUT2D eigenvalue weighted by Gasteiger charge is -2.08. The molecule has 0 atom stereocenters. The number of rotatable bonds is 2. The van der Waals surface area contributed by atoms with Crippen molar-refractivity contribution >= 4 is 0 Å². The highest BCUT2D eigenvalue weighted by Crippen LogP contribution is 2.31. The molecule has 2 nitrogen and oxygen atoms in total. The molecule has 0 bridgehead atoms. The molecule has 20 heavy (non-hydrogen) atoms. The van der Waals surface area contributed by atoms with Crippen LogP contribution in [-0.2, 0) is 7.05 Å². The Kier molecular flexibility index (Phi) is 3.15. The second kappa shape index (κ2) is 4.97. The zero-order chi connectivity index (χ0) is 14.1. The van der Waals surface area contributed by atoms with Crippen LogP contribution >= 0.6 is 0 Å². The summed E-state index contributed by atoms with van der Waals surface area (Å²) < 4.78 is 2.09. The van der Waals surface area contributed by atoms with Gasteiger partial charge >= 0.3 is 0 Å². The summed E-state index contributed by atoms with van der Waals surface area (Å²) in [7, 11) is 2.04. The molecule has 0 N–H and O–H groups in total. The van der Waals surface area contributed by atoms with Crippen LogP contribution in [0.5, 0.6) is 0 Å². The van der Waals surface area contributed by atoms with Gasteiger partial charge in [-0.25, -0.2) is 4.98 Å². The fourth-order valence-electron chi connectivity index (χ4n) is 2.49. The predicted molar refractivity (Wildman–Crippen MR) is 83.6 cm³/mol. The van der Waals surface area contributed by atoms with Crippen molar-refractivity contribution in [3.05, 3.63) is 66.0 Å². The van der Waals surface area contributed by atoms with Crippen molar-refractivity contribution in [3.8, 4) is 22.5 Å². The van der Waals surface area contributed by atoms with Crippen molar-refractivity contribution in [2.75, 3.05) is 0 Å². The van der Waals surface area contributed by atoms with Crippen molar-refractivity contribution in [1.82, 2.24) is 9.55 Å². The van der Waals surface area contributed by atoms with Crippen molar-refractivity contribution in [1.29, 1.82) is 0 Å². The summed E-state index contributed by atoms with van der Waals surface area (Å²) >= 11 is 0. The van der Waals surface area contributed by atoms with E-state index in [0.717, 1.165) is 17.0 Å². The molecule has 0 aliphatic rings. The molecule has 0 saturated heterocycles. The van der Waals surface area contributed by atoms with Crippen LogP contribution in [-0.4, -0.2) is 9.55 Å². The monoisotopic (exact) mass is 262 g/mol. The number of hydrogen-bond donors (Lipinski definition) is 0. The number of aryl methyl sites for hydroxylation is 3. The Labute approximate surface area is 119 Å². The molecule has 0 saturated carbocycles. The maximum Gasteiger partial charge on any atom is 0.0963 e. The fourth-order valence-corrected chi connectivity index (χ4v) is 2.49. The zero-order valence-corrected chi connectivity index (χ0v) is 12.1. The third kappa shape index (κ3) is 2.25. The summed E-state index contributed by atoms with van der Waals surface area (Å²) in [5.41, 5.74) is 7.10. The minimum Gasteiger partial charge on any atom is -0.333 e. The first-order chi connectivity index (χ1) is 9.65. The Hall–Kier alpha value is -2.35. The van der Waals surface area contributed by atoms with Crippen LogP contribution in [0.15, 0.2) is 54.9 Å². The average molecular weight is 262 g/mol. The van der Waals surface area contributed by atoms with E-state index in [0.29, 0.717) is 0 Å². The normalized spacial score (nSPS) is 10.8. The molecule has 2 aromatic carbocycles. The van der Waals surface area contributed by atoms with Crippen molar-refractivity contribution in [2.45, 2.75) is 13.8 Å². The van der Waals surface area contributed by atoms with Crippen LogP contribution < -0.4 is 0 Å². The lowest BCUT2D eigenvalue weighted by molar-refractivity contribution is 0.921. The molecule has 0 amide bonds. The van der Waals surface area contributed by atoms with Gasteiger partial charge < -0.3 is 4.57 Å². The van der Waals surface area contributed by atoms with Gasteiger partial charge in [-0.15, -0.1) is 0 Å². The molecule has 3 aromatic rings. The number of nitrogens with zero attached hydrogens (tertiary/aromatic N) is 2. The molecule has 2 heteroatoms. The topological polar surface area (TPSA) is 17.8 Å². The van der Waals surface area contributed by atoms with Crippen LogP contribution in [0.25, 0.3) is 22.5 Å². The van der Waals surface area contributed by atoms with Gasteiger partial charge in [-0.1, -0.05) is 53.6 Å². The highest BCUT2D eigenvalue weighted by molar-refractivity contribution is 5.78. The van der Waals surface area contributed by atoms with Crippen molar-refractivity contribution in [3.63, 3.8) is 0 Å². The summed E-state index contributed by atoms with van der Waals surface area (Å²) in [5.74, 6) is 0. The molecule has 1 aromatic heterocycles. The Morgan fingerprint density at radius 3 is 2.30 bits per heavy atom. The molecule has 0 radical (unpaired) electrons. The van der Waals surface area contributed by atoms with Crippen molar-refractivity contribution in [2.24, 2.45) is 7.05 Å². The van der Waals surface area contributed by atoms with E-state index < -0.39 is 0 Å². The van der Waals surface area contributed by atoms with Gasteiger partial charge in [0.25, 0.3) is 0 Å². The van der Waals surface area contributed by atoms with Gasteiger partial charge in [-0.3, -0.25) is 0 Å². The Morgan fingerprint density at radius 2 is 1.60 bits per heavy atom.